The number of carboxylic acids is 1. The molecule has 1 fully saturated rings. The van der Waals surface area contributed by atoms with Crippen LogP contribution in [0.15, 0.2) is 48.8 Å². The van der Waals surface area contributed by atoms with Crippen molar-refractivity contribution in [2.24, 2.45) is 5.92 Å². The van der Waals surface area contributed by atoms with Crippen LogP contribution < -0.4 is 9.47 Å². The molecule has 39 heavy (non-hydrogen) atoms. The number of hydrogen-bond donors (Lipinski definition) is 1. The maximum Gasteiger partial charge on any atom is 0.303 e. The van der Waals surface area contributed by atoms with Crippen LogP contribution in [-0.2, 0) is 14.3 Å². The third kappa shape index (κ3) is 5.60. The quantitative estimate of drug-likeness (QED) is 0.409. The van der Waals surface area contributed by atoms with Gasteiger partial charge in [-0.1, -0.05) is 11.6 Å². The van der Waals surface area contributed by atoms with Crippen molar-refractivity contribution in [2.75, 3.05) is 27.3 Å². The van der Waals surface area contributed by atoms with E-state index in [9.17, 15) is 9.59 Å². The van der Waals surface area contributed by atoms with E-state index in [1.807, 2.05) is 46.0 Å². The molecule has 4 heterocycles. The minimum absolute atomic E-state index is 0.00209. The normalized spacial score (nSPS) is 19.1. The third-order valence-corrected chi connectivity index (χ3v) is 7.84. The van der Waals surface area contributed by atoms with Crippen molar-refractivity contribution in [1.29, 1.82) is 0 Å². The Hall–Kier alpha value is -3.56. The molecule has 9 nitrogen and oxygen atoms in total. The number of benzene rings is 1. The second-order valence-corrected chi connectivity index (χ2v) is 10.3. The van der Waals surface area contributed by atoms with E-state index in [4.69, 9.17) is 30.9 Å². The van der Waals surface area contributed by atoms with Gasteiger partial charge in [0, 0.05) is 48.6 Å². The van der Waals surface area contributed by atoms with E-state index in [-0.39, 0.29) is 18.7 Å². The molecule has 1 saturated heterocycles. The van der Waals surface area contributed by atoms with Crippen LogP contribution in [0.4, 0.5) is 0 Å². The van der Waals surface area contributed by atoms with Gasteiger partial charge in [-0.25, -0.2) is 0 Å². The summed E-state index contributed by atoms with van der Waals surface area (Å²) in [6.45, 7) is 1.22. The molecule has 0 aliphatic carbocycles. The SMILES string of the molecule is COc1ccnc([C@H]2O[C@H](CC(=O)N3CCC(CCC(=O)O)CC3)c3cccn3-c3ccc(Cl)cc32)c1OC. The predicted octanol–water partition coefficient (Wildman–Crippen LogP) is 5.20. The van der Waals surface area contributed by atoms with Gasteiger partial charge in [-0.2, -0.15) is 0 Å². The average Bonchev–Trinajstić information content (AvgIpc) is 3.39. The molecule has 5 rings (SSSR count). The fourth-order valence-corrected chi connectivity index (χ4v) is 5.77. The molecule has 0 radical (unpaired) electrons. The Morgan fingerprint density at radius 2 is 1.95 bits per heavy atom. The standard InChI is InChI=1S/C29H32ClN3O6/c1-37-23-9-12-31-27(29(23)38-2)28-20-16-19(30)6-7-21(20)33-13-3-4-22(33)24(39-28)17-25(34)32-14-10-18(11-15-32)5-8-26(35)36/h3-4,6-7,9,12-13,16,18,24,28H,5,8,10-11,14-15,17H2,1-2H3,(H,35,36)/t24-,28+/m1/s1. The lowest BCUT2D eigenvalue weighted by Crippen LogP contribution is -2.39. The van der Waals surface area contributed by atoms with Crippen LogP contribution in [0.1, 0.15) is 61.3 Å². The van der Waals surface area contributed by atoms with Gasteiger partial charge in [0.15, 0.2) is 11.5 Å². The zero-order valence-corrected chi connectivity index (χ0v) is 22.8. The molecule has 10 heteroatoms. The van der Waals surface area contributed by atoms with E-state index < -0.39 is 18.2 Å². The number of halogens is 1. The van der Waals surface area contributed by atoms with Crippen LogP contribution in [0.2, 0.25) is 5.02 Å². The maximum absolute atomic E-state index is 13.5. The van der Waals surface area contributed by atoms with Crippen molar-refractivity contribution < 1.29 is 28.9 Å². The molecule has 2 atom stereocenters. The lowest BCUT2D eigenvalue weighted by atomic mass is 9.92. The number of carbonyl (C=O) groups is 2. The smallest absolute Gasteiger partial charge is 0.303 e. The number of piperidine rings is 1. The molecule has 0 spiro atoms. The van der Waals surface area contributed by atoms with Crippen molar-refractivity contribution in [3.8, 4) is 17.2 Å². The second-order valence-electron chi connectivity index (χ2n) is 9.90. The minimum Gasteiger partial charge on any atom is -0.493 e. The maximum atomic E-state index is 13.5. The highest BCUT2D eigenvalue weighted by Crippen LogP contribution is 2.45. The summed E-state index contributed by atoms with van der Waals surface area (Å²) in [7, 11) is 3.13. The van der Waals surface area contributed by atoms with Crippen LogP contribution in [0, 0.1) is 5.92 Å². The van der Waals surface area contributed by atoms with Crippen LogP contribution in [0.3, 0.4) is 0 Å². The van der Waals surface area contributed by atoms with Gasteiger partial charge in [0.05, 0.1) is 32.0 Å². The Labute approximate surface area is 232 Å². The summed E-state index contributed by atoms with van der Waals surface area (Å²) in [6, 6.07) is 11.3. The summed E-state index contributed by atoms with van der Waals surface area (Å²) in [5, 5.41) is 9.55. The van der Waals surface area contributed by atoms with Gasteiger partial charge in [-0.05, 0) is 55.5 Å². The van der Waals surface area contributed by atoms with Crippen LogP contribution >= 0.6 is 11.6 Å². The molecule has 206 valence electrons. The van der Waals surface area contributed by atoms with E-state index in [1.54, 1.807) is 26.5 Å². The first-order valence-corrected chi connectivity index (χ1v) is 13.5. The van der Waals surface area contributed by atoms with Gasteiger partial charge >= 0.3 is 5.97 Å². The van der Waals surface area contributed by atoms with Gasteiger partial charge < -0.3 is 28.8 Å². The average molecular weight is 554 g/mol. The van der Waals surface area contributed by atoms with E-state index in [1.165, 1.54) is 0 Å². The van der Waals surface area contributed by atoms with Crippen LogP contribution in [0.5, 0.6) is 11.5 Å². The number of aromatic nitrogens is 2. The number of carboxylic acid groups (broad SMARTS) is 1. The van der Waals surface area contributed by atoms with Crippen molar-refractivity contribution in [3.63, 3.8) is 0 Å². The number of likely N-dealkylation sites (tertiary alicyclic amines) is 1. The fourth-order valence-electron chi connectivity index (χ4n) is 5.59. The molecule has 3 aromatic rings. The lowest BCUT2D eigenvalue weighted by molar-refractivity contribution is -0.139. The minimum atomic E-state index is -0.777. The Bertz CT molecular complexity index is 1350. The summed E-state index contributed by atoms with van der Waals surface area (Å²) in [5.74, 6) is 0.526. The summed E-state index contributed by atoms with van der Waals surface area (Å²) in [5.41, 5.74) is 3.06. The number of fused-ring (bicyclic) bond motifs is 3. The van der Waals surface area contributed by atoms with Crippen molar-refractivity contribution in [2.45, 2.75) is 44.3 Å². The zero-order valence-electron chi connectivity index (χ0n) is 22.0. The van der Waals surface area contributed by atoms with Crippen LogP contribution in [0.25, 0.3) is 5.69 Å². The van der Waals surface area contributed by atoms with E-state index in [0.717, 1.165) is 29.8 Å². The number of methoxy groups -OCH3 is 2. The number of carbonyl (C=O) groups excluding carboxylic acids is 1. The second kappa shape index (κ2) is 11.7. The Morgan fingerprint density at radius 1 is 1.15 bits per heavy atom. The van der Waals surface area contributed by atoms with E-state index in [2.05, 4.69) is 4.98 Å². The molecule has 1 amide bonds. The van der Waals surface area contributed by atoms with Gasteiger partial charge in [-0.15, -0.1) is 0 Å². The van der Waals surface area contributed by atoms with E-state index >= 15 is 0 Å². The molecular weight excluding hydrogens is 522 g/mol. The molecule has 2 aromatic heterocycles. The number of ether oxygens (including phenoxy) is 3. The summed E-state index contributed by atoms with van der Waals surface area (Å²) in [6.07, 6.45) is 4.92. The van der Waals surface area contributed by atoms with Gasteiger partial charge in [0.1, 0.15) is 17.9 Å². The highest BCUT2D eigenvalue weighted by Gasteiger charge is 2.36. The highest BCUT2D eigenvalue weighted by atomic mass is 35.5. The molecule has 0 unspecified atom stereocenters. The van der Waals surface area contributed by atoms with E-state index in [0.29, 0.717) is 47.6 Å². The first kappa shape index (κ1) is 27.0. The van der Waals surface area contributed by atoms with Crippen molar-refractivity contribution in [1.82, 2.24) is 14.5 Å². The monoisotopic (exact) mass is 553 g/mol. The largest absolute Gasteiger partial charge is 0.493 e. The first-order valence-electron chi connectivity index (χ1n) is 13.1. The fraction of sp³-hybridized carbons (Fsp3) is 0.414. The number of nitrogens with zero attached hydrogens (tertiary/aromatic N) is 3. The van der Waals surface area contributed by atoms with Crippen LogP contribution in [-0.4, -0.2) is 58.7 Å². The topological polar surface area (TPSA) is 103 Å². The highest BCUT2D eigenvalue weighted by molar-refractivity contribution is 6.30. The summed E-state index contributed by atoms with van der Waals surface area (Å²) >= 11 is 6.46. The Morgan fingerprint density at radius 3 is 2.67 bits per heavy atom. The number of amides is 1. The van der Waals surface area contributed by atoms with Crippen molar-refractivity contribution in [3.05, 3.63) is 70.8 Å². The molecule has 1 N–H and O–H groups in total. The van der Waals surface area contributed by atoms with Gasteiger partial charge in [0.25, 0.3) is 0 Å². The summed E-state index contributed by atoms with van der Waals surface area (Å²) < 4.78 is 20.0. The molecule has 1 aromatic carbocycles. The molecular formula is C29H32ClN3O6. The number of aliphatic carboxylic acids is 1. The molecule has 0 saturated carbocycles. The van der Waals surface area contributed by atoms with Gasteiger partial charge in [-0.3, -0.25) is 14.6 Å². The number of pyridine rings is 1. The predicted molar refractivity (Wildman–Crippen MR) is 145 cm³/mol. The van der Waals surface area contributed by atoms with Crippen molar-refractivity contribution >= 4 is 23.5 Å². The first-order chi connectivity index (χ1) is 18.9. The third-order valence-electron chi connectivity index (χ3n) is 7.60. The summed E-state index contributed by atoms with van der Waals surface area (Å²) in [4.78, 5) is 31.0. The molecule has 2 aliphatic rings. The number of hydrogen-bond acceptors (Lipinski definition) is 6. The molecule has 0 bridgehead atoms. The zero-order chi connectivity index (χ0) is 27.5. The Balaban J connectivity index is 1.45. The molecule has 2 aliphatic heterocycles. The lowest BCUT2D eigenvalue weighted by Gasteiger charge is -2.33. The number of rotatable bonds is 8. The van der Waals surface area contributed by atoms with Gasteiger partial charge in [0.2, 0.25) is 5.91 Å². The Kier molecular flexibility index (Phi) is 8.09.